The molecule has 0 bridgehead atoms. The summed E-state index contributed by atoms with van der Waals surface area (Å²) in [5.74, 6) is -1.83. The van der Waals surface area contributed by atoms with Gasteiger partial charge in [0.05, 0.1) is 17.4 Å². The Morgan fingerprint density at radius 3 is 2.76 bits per heavy atom. The average Bonchev–Trinajstić information content (AvgIpc) is 3.36. The fraction of sp³-hybridized carbons (Fsp3) is 0.278. The zero-order valence-electron chi connectivity index (χ0n) is 13.4. The third kappa shape index (κ3) is 2.96. The molecule has 1 aliphatic carbocycles. The monoisotopic (exact) mass is 364 g/mol. The molecular weight excluding hydrogens is 350 g/mol. The van der Waals surface area contributed by atoms with E-state index in [-0.39, 0.29) is 12.5 Å². The number of methoxy groups -OCH3 is 1. The van der Waals surface area contributed by atoms with Crippen LogP contribution in [0.4, 0.5) is 8.78 Å². The van der Waals surface area contributed by atoms with Crippen LogP contribution in [0.1, 0.15) is 24.3 Å². The highest BCUT2D eigenvalue weighted by molar-refractivity contribution is 6.32. The highest BCUT2D eigenvalue weighted by Gasteiger charge is 2.27. The first-order chi connectivity index (χ1) is 12.1. The molecular formula is C18H15ClF2N2O2. The minimum atomic E-state index is -1.06. The maximum absolute atomic E-state index is 14.0. The van der Waals surface area contributed by atoms with Crippen LogP contribution in [-0.2, 0) is 4.74 Å². The lowest BCUT2D eigenvalue weighted by Crippen LogP contribution is -2.05. The fourth-order valence-corrected chi connectivity index (χ4v) is 3.20. The molecule has 0 radical (unpaired) electrons. The van der Waals surface area contributed by atoms with Crippen LogP contribution in [0.3, 0.4) is 0 Å². The molecule has 130 valence electrons. The Morgan fingerprint density at radius 1 is 1.24 bits per heavy atom. The molecule has 0 aliphatic heterocycles. The number of hydrogen-bond donors (Lipinski definition) is 0. The molecule has 1 heterocycles. The van der Waals surface area contributed by atoms with Crippen LogP contribution >= 0.6 is 11.6 Å². The smallest absolute Gasteiger partial charge is 0.200 e. The van der Waals surface area contributed by atoms with Crippen LogP contribution in [0.2, 0.25) is 5.02 Å². The molecule has 25 heavy (non-hydrogen) atoms. The minimum Gasteiger partial charge on any atom is -0.464 e. The molecule has 4 rings (SSSR count). The predicted octanol–water partition coefficient (Wildman–Crippen LogP) is 4.82. The Hall–Kier alpha value is -2.18. The topological polar surface area (TPSA) is 36.3 Å². The summed E-state index contributed by atoms with van der Waals surface area (Å²) in [6, 6.07) is 6.32. The van der Waals surface area contributed by atoms with E-state index in [1.54, 1.807) is 10.9 Å². The van der Waals surface area contributed by atoms with Crippen molar-refractivity contribution in [2.45, 2.75) is 18.8 Å². The SMILES string of the molecule is COCOc1cc(-n2ncc3cc(Cl)c(C4CC4)cc32)cc(F)c1F. The van der Waals surface area contributed by atoms with E-state index in [0.29, 0.717) is 16.6 Å². The molecule has 0 saturated heterocycles. The molecule has 3 aromatic rings. The summed E-state index contributed by atoms with van der Waals surface area (Å²) in [6.45, 7) is -0.179. The van der Waals surface area contributed by atoms with E-state index < -0.39 is 11.6 Å². The van der Waals surface area contributed by atoms with Gasteiger partial charge in [-0.05, 0) is 36.5 Å². The summed E-state index contributed by atoms with van der Waals surface area (Å²) in [5, 5.41) is 5.85. The van der Waals surface area contributed by atoms with Crippen molar-refractivity contribution in [3.8, 4) is 11.4 Å². The zero-order chi connectivity index (χ0) is 17.6. The van der Waals surface area contributed by atoms with Crippen molar-refractivity contribution in [2.75, 3.05) is 13.9 Å². The standard InChI is InChI=1S/C18H15ClF2N2O2/c1-24-9-25-17-6-12(5-15(20)18(17)21)23-16-7-13(10-2-3-10)14(19)4-11(16)8-22-23/h4-8,10H,2-3,9H2,1H3. The number of rotatable bonds is 5. The maximum Gasteiger partial charge on any atom is 0.200 e. The van der Waals surface area contributed by atoms with Gasteiger partial charge in [-0.1, -0.05) is 11.6 Å². The Kier molecular flexibility index (Phi) is 4.09. The Labute approximate surface area is 147 Å². The Balaban J connectivity index is 1.84. The lowest BCUT2D eigenvalue weighted by Gasteiger charge is -2.11. The summed E-state index contributed by atoms with van der Waals surface area (Å²) in [7, 11) is 1.41. The second-order valence-electron chi connectivity index (χ2n) is 6.05. The van der Waals surface area contributed by atoms with E-state index in [4.69, 9.17) is 21.1 Å². The normalized spacial score (nSPS) is 14.2. The van der Waals surface area contributed by atoms with Crippen molar-refractivity contribution in [2.24, 2.45) is 0 Å². The number of aromatic nitrogens is 2. The van der Waals surface area contributed by atoms with E-state index in [2.05, 4.69) is 5.10 Å². The lowest BCUT2D eigenvalue weighted by molar-refractivity contribution is 0.0478. The third-order valence-electron chi connectivity index (χ3n) is 4.26. The number of halogens is 3. The predicted molar refractivity (Wildman–Crippen MR) is 90.5 cm³/mol. The number of nitrogens with zero attached hydrogens (tertiary/aromatic N) is 2. The molecule has 0 N–H and O–H groups in total. The summed E-state index contributed by atoms with van der Waals surface area (Å²) >= 11 is 6.34. The van der Waals surface area contributed by atoms with Gasteiger partial charge in [-0.15, -0.1) is 0 Å². The van der Waals surface area contributed by atoms with E-state index in [1.807, 2.05) is 12.1 Å². The summed E-state index contributed by atoms with van der Waals surface area (Å²) in [4.78, 5) is 0. The van der Waals surface area contributed by atoms with E-state index in [0.717, 1.165) is 35.4 Å². The van der Waals surface area contributed by atoms with E-state index in [9.17, 15) is 8.78 Å². The van der Waals surface area contributed by atoms with E-state index >= 15 is 0 Å². The lowest BCUT2D eigenvalue weighted by atomic mass is 10.1. The quantitative estimate of drug-likeness (QED) is 0.609. The highest BCUT2D eigenvalue weighted by atomic mass is 35.5. The first-order valence-electron chi connectivity index (χ1n) is 7.87. The molecule has 1 saturated carbocycles. The Bertz CT molecular complexity index is 954. The van der Waals surface area contributed by atoms with Gasteiger partial charge in [0.1, 0.15) is 0 Å². The van der Waals surface area contributed by atoms with Gasteiger partial charge in [-0.2, -0.15) is 9.49 Å². The molecule has 0 amide bonds. The van der Waals surface area contributed by atoms with Crippen LogP contribution < -0.4 is 4.74 Å². The number of hydrogen-bond acceptors (Lipinski definition) is 3. The van der Waals surface area contributed by atoms with Gasteiger partial charge in [0.25, 0.3) is 0 Å². The molecule has 1 aliphatic rings. The molecule has 7 heteroatoms. The van der Waals surface area contributed by atoms with Crippen molar-refractivity contribution in [1.82, 2.24) is 9.78 Å². The molecule has 0 atom stereocenters. The zero-order valence-corrected chi connectivity index (χ0v) is 14.2. The van der Waals surface area contributed by atoms with Crippen LogP contribution in [0.15, 0.2) is 30.5 Å². The second-order valence-corrected chi connectivity index (χ2v) is 6.46. The molecule has 0 unspecified atom stereocenters. The largest absolute Gasteiger partial charge is 0.464 e. The van der Waals surface area contributed by atoms with Gasteiger partial charge < -0.3 is 9.47 Å². The number of ether oxygens (including phenoxy) is 2. The second kappa shape index (κ2) is 6.28. The van der Waals surface area contributed by atoms with Crippen LogP contribution in [-0.4, -0.2) is 23.7 Å². The number of benzene rings is 2. The summed E-state index contributed by atoms with van der Waals surface area (Å²) in [5.41, 5.74) is 2.22. The molecule has 4 nitrogen and oxygen atoms in total. The first kappa shape index (κ1) is 16.3. The van der Waals surface area contributed by atoms with Gasteiger partial charge in [0.15, 0.2) is 18.4 Å². The maximum atomic E-state index is 14.0. The van der Waals surface area contributed by atoms with Crippen molar-refractivity contribution in [3.63, 3.8) is 0 Å². The molecule has 1 fully saturated rings. The summed E-state index contributed by atoms with van der Waals surface area (Å²) < 4.78 is 39.3. The molecule has 1 aromatic heterocycles. The first-order valence-corrected chi connectivity index (χ1v) is 8.24. The Morgan fingerprint density at radius 2 is 2.04 bits per heavy atom. The summed E-state index contributed by atoms with van der Waals surface area (Å²) in [6.07, 6.45) is 3.87. The average molecular weight is 365 g/mol. The van der Waals surface area contributed by atoms with Crippen molar-refractivity contribution in [3.05, 3.63) is 52.7 Å². The van der Waals surface area contributed by atoms with Crippen LogP contribution in [0.25, 0.3) is 16.6 Å². The fourth-order valence-electron chi connectivity index (χ4n) is 2.88. The minimum absolute atomic E-state index is 0.179. The van der Waals surface area contributed by atoms with E-state index in [1.165, 1.54) is 13.2 Å². The van der Waals surface area contributed by atoms with Gasteiger partial charge in [0.2, 0.25) is 5.82 Å². The number of fused-ring (bicyclic) bond motifs is 1. The van der Waals surface area contributed by atoms with Gasteiger partial charge in [-0.25, -0.2) is 9.07 Å². The highest BCUT2D eigenvalue weighted by Crippen LogP contribution is 2.44. The third-order valence-corrected chi connectivity index (χ3v) is 4.59. The van der Waals surface area contributed by atoms with Crippen LogP contribution in [0.5, 0.6) is 5.75 Å². The van der Waals surface area contributed by atoms with Crippen molar-refractivity contribution in [1.29, 1.82) is 0 Å². The van der Waals surface area contributed by atoms with Crippen LogP contribution in [0, 0.1) is 11.6 Å². The van der Waals surface area contributed by atoms with Crippen molar-refractivity contribution >= 4 is 22.5 Å². The molecule has 0 spiro atoms. The molecule has 2 aromatic carbocycles. The van der Waals surface area contributed by atoms with Crippen molar-refractivity contribution < 1.29 is 18.3 Å². The van der Waals surface area contributed by atoms with Gasteiger partial charge in [0, 0.05) is 29.7 Å². The van der Waals surface area contributed by atoms with Gasteiger partial charge in [-0.3, -0.25) is 0 Å². The van der Waals surface area contributed by atoms with Gasteiger partial charge >= 0.3 is 0 Å².